The molecule has 0 heterocycles. The fourth-order valence-corrected chi connectivity index (χ4v) is 1.69. The van der Waals surface area contributed by atoms with Crippen LogP contribution >= 0.6 is 0 Å². The Balaban J connectivity index is 2.33. The van der Waals surface area contributed by atoms with Crippen molar-refractivity contribution in [3.05, 3.63) is 0 Å². The van der Waals surface area contributed by atoms with Crippen molar-refractivity contribution in [3.8, 4) is 0 Å². The molecule has 1 aliphatic carbocycles. The monoisotopic (exact) mass is 200 g/mol. The number of carbonyl (C=O) groups excluding carboxylic acids is 1. The summed E-state index contributed by atoms with van der Waals surface area (Å²) in [6, 6.07) is 0. The van der Waals surface area contributed by atoms with Gasteiger partial charge in [0.15, 0.2) is 0 Å². The van der Waals surface area contributed by atoms with Gasteiger partial charge in [-0.2, -0.15) is 0 Å². The van der Waals surface area contributed by atoms with Crippen LogP contribution in [0.25, 0.3) is 0 Å². The predicted octanol–water partition coefficient (Wildman–Crippen LogP) is 2.08. The van der Waals surface area contributed by atoms with E-state index in [4.69, 9.17) is 4.74 Å². The second-order valence-electron chi connectivity index (χ2n) is 4.41. The van der Waals surface area contributed by atoms with Gasteiger partial charge in [-0.15, -0.1) is 0 Å². The lowest BCUT2D eigenvalue weighted by Crippen LogP contribution is -2.28. The lowest BCUT2D eigenvalue weighted by Gasteiger charge is -2.23. The third kappa shape index (κ3) is 3.29. The van der Waals surface area contributed by atoms with E-state index in [-0.39, 0.29) is 17.8 Å². The Labute approximate surface area is 85.5 Å². The van der Waals surface area contributed by atoms with Crippen molar-refractivity contribution in [2.75, 3.05) is 0 Å². The van der Waals surface area contributed by atoms with E-state index in [1.807, 2.05) is 13.8 Å². The average Bonchev–Trinajstić information content (AvgIpc) is 2.19. The third-order valence-electron chi connectivity index (χ3n) is 2.75. The van der Waals surface area contributed by atoms with Crippen molar-refractivity contribution < 1.29 is 14.6 Å². The first-order valence-electron chi connectivity index (χ1n) is 5.50. The highest BCUT2D eigenvalue weighted by atomic mass is 16.6. The number of ether oxygens (including phenoxy) is 1. The first-order valence-corrected chi connectivity index (χ1v) is 5.50. The molecule has 0 aromatic heterocycles. The van der Waals surface area contributed by atoms with Crippen LogP contribution in [0.4, 0.5) is 0 Å². The van der Waals surface area contributed by atoms with Gasteiger partial charge in [0.2, 0.25) is 6.29 Å². The Hall–Kier alpha value is -0.570. The van der Waals surface area contributed by atoms with Gasteiger partial charge in [0.05, 0.1) is 5.92 Å². The molecule has 1 aliphatic rings. The molecule has 0 radical (unpaired) electrons. The topological polar surface area (TPSA) is 46.5 Å². The molecule has 1 rings (SSSR count). The molecule has 3 heteroatoms. The van der Waals surface area contributed by atoms with E-state index in [9.17, 15) is 9.90 Å². The fourth-order valence-electron chi connectivity index (χ4n) is 1.69. The van der Waals surface area contributed by atoms with Crippen LogP contribution in [0.15, 0.2) is 0 Å². The molecule has 0 saturated heterocycles. The molecule has 1 N–H and O–H groups in total. The van der Waals surface area contributed by atoms with Gasteiger partial charge >= 0.3 is 5.97 Å². The number of hydrogen-bond donors (Lipinski definition) is 1. The van der Waals surface area contributed by atoms with E-state index >= 15 is 0 Å². The maximum atomic E-state index is 11.5. The first-order chi connectivity index (χ1) is 6.61. The van der Waals surface area contributed by atoms with Crippen molar-refractivity contribution in [3.63, 3.8) is 0 Å². The van der Waals surface area contributed by atoms with E-state index in [0.717, 1.165) is 25.7 Å². The van der Waals surface area contributed by atoms with Crippen molar-refractivity contribution in [2.45, 2.75) is 52.2 Å². The zero-order valence-electron chi connectivity index (χ0n) is 9.03. The molecule has 1 unspecified atom stereocenters. The molecule has 1 atom stereocenters. The number of aliphatic hydroxyl groups excluding tert-OH is 1. The number of esters is 1. The van der Waals surface area contributed by atoms with Gasteiger partial charge in [0.25, 0.3) is 0 Å². The summed E-state index contributed by atoms with van der Waals surface area (Å²) >= 11 is 0. The Morgan fingerprint density at radius 3 is 2.36 bits per heavy atom. The maximum Gasteiger partial charge on any atom is 0.311 e. The minimum Gasteiger partial charge on any atom is -0.435 e. The number of carbonyl (C=O) groups is 1. The summed E-state index contributed by atoms with van der Waals surface area (Å²) in [5.41, 5.74) is 0. The summed E-state index contributed by atoms with van der Waals surface area (Å²) in [7, 11) is 0. The summed E-state index contributed by atoms with van der Waals surface area (Å²) < 4.78 is 4.97. The molecular formula is C11H20O3. The van der Waals surface area contributed by atoms with Crippen LogP contribution in [0.5, 0.6) is 0 Å². The quantitative estimate of drug-likeness (QED) is 0.560. The standard InChI is InChI=1S/C11H20O3/c1-8(2)10(12)14-11(13)9-6-4-3-5-7-9/h8-10,12H,3-7H2,1-2H3. The molecule has 14 heavy (non-hydrogen) atoms. The van der Waals surface area contributed by atoms with E-state index in [2.05, 4.69) is 0 Å². The van der Waals surface area contributed by atoms with Crippen molar-refractivity contribution >= 4 is 5.97 Å². The van der Waals surface area contributed by atoms with Crippen molar-refractivity contribution in [1.29, 1.82) is 0 Å². The molecule has 0 spiro atoms. The van der Waals surface area contributed by atoms with Gasteiger partial charge in [0.1, 0.15) is 0 Å². The van der Waals surface area contributed by atoms with E-state index < -0.39 is 6.29 Å². The number of hydrogen-bond acceptors (Lipinski definition) is 3. The SMILES string of the molecule is CC(C)C(O)OC(=O)C1CCCCC1. The second kappa shape index (κ2) is 5.35. The van der Waals surface area contributed by atoms with Gasteiger partial charge < -0.3 is 9.84 Å². The molecule has 3 nitrogen and oxygen atoms in total. The molecule has 1 fully saturated rings. The molecule has 1 saturated carbocycles. The molecule has 0 aromatic carbocycles. The smallest absolute Gasteiger partial charge is 0.311 e. The minimum atomic E-state index is -0.940. The molecule has 0 bridgehead atoms. The molecule has 0 aliphatic heterocycles. The van der Waals surface area contributed by atoms with Crippen LogP contribution in [-0.2, 0) is 9.53 Å². The largest absolute Gasteiger partial charge is 0.435 e. The van der Waals surface area contributed by atoms with Crippen LogP contribution < -0.4 is 0 Å². The van der Waals surface area contributed by atoms with E-state index in [0.29, 0.717) is 0 Å². The highest BCUT2D eigenvalue weighted by Crippen LogP contribution is 2.25. The van der Waals surface area contributed by atoms with Gasteiger partial charge in [-0.05, 0) is 12.8 Å². The number of rotatable bonds is 3. The highest BCUT2D eigenvalue weighted by molar-refractivity contribution is 5.72. The zero-order valence-corrected chi connectivity index (χ0v) is 9.03. The molecular weight excluding hydrogens is 180 g/mol. The van der Waals surface area contributed by atoms with Crippen LogP contribution in [0.3, 0.4) is 0 Å². The van der Waals surface area contributed by atoms with Crippen LogP contribution in [-0.4, -0.2) is 17.4 Å². The summed E-state index contributed by atoms with van der Waals surface area (Å²) in [5.74, 6) is -0.217. The Morgan fingerprint density at radius 1 is 1.29 bits per heavy atom. The third-order valence-corrected chi connectivity index (χ3v) is 2.75. The first kappa shape index (κ1) is 11.5. The Kier molecular flexibility index (Phi) is 4.39. The summed E-state index contributed by atoms with van der Waals surface area (Å²) in [4.78, 5) is 11.5. The molecule has 0 aromatic rings. The van der Waals surface area contributed by atoms with Crippen LogP contribution in [0.1, 0.15) is 46.0 Å². The fraction of sp³-hybridized carbons (Fsp3) is 0.909. The van der Waals surface area contributed by atoms with E-state index in [1.165, 1.54) is 6.42 Å². The Bertz CT molecular complexity index is 183. The summed E-state index contributed by atoms with van der Waals surface area (Å²) in [6.07, 6.45) is 4.34. The van der Waals surface area contributed by atoms with Gasteiger partial charge in [0, 0.05) is 5.92 Å². The average molecular weight is 200 g/mol. The minimum absolute atomic E-state index is 0.0251. The molecule has 82 valence electrons. The number of aliphatic hydroxyl groups is 1. The second-order valence-corrected chi connectivity index (χ2v) is 4.41. The maximum absolute atomic E-state index is 11.5. The molecule has 0 amide bonds. The van der Waals surface area contributed by atoms with Crippen molar-refractivity contribution in [1.82, 2.24) is 0 Å². The van der Waals surface area contributed by atoms with Gasteiger partial charge in [-0.1, -0.05) is 33.1 Å². The van der Waals surface area contributed by atoms with Crippen molar-refractivity contribution in [2.24, 2.45) is 11.8 Å². The van der Waals surface area contributed by atoms with Crippen LogP contribution in [0.2, 0.25) is 0 Å². The van der Waals surface area contributed by atoms with Crippen LogP contribution in [0, 0.1) is 11.8 Å². The summed E-state index contributed by atoms with van der Waals surface area (Å²) in [5, 5.41) is 9.38. The zero-order chi connectivity index (χ0) is 10.6. The Morgan fingerprint density at radius 2 is 1.86 bits per heavy atom. The lowest BCUT2D eigenvalue weighted by molar-refractivity contribution is -0.180. The van der Waals surface area contributed by atoms with Gasteiger partial charge in [-0.25, -0.2) is 0 Å². The normalized spacial score (nSPS) is 20.9. The lowest BCUT2D eigenvalue weighted by atomic mass is 9.89. The van der Waals surface area contributed by atoms with E-state index in [1.54, 1.807) is 0 Å². The van der Waals surface area contributed by atoms with Gasteiger partial charge in [-0.3, -0.25) is 4.79 Å². The predicted molar refractivity (Wildman–Crippen MR) is 53.5 cm³/mol. The summed E-state index contributed by atoms with van der Waals surface area (Å²) in [6.45, 7) is 3.66. The highest BCUT2D eigenvalue weighted by Gasteiger charge is 2.25.